The highest BCUT2D eigenvalue weighted by molar-refractivity contribution is 5.66. The van der Waals surface area contributed by atoms with E-state index in [0.29, 0.717) is 18.7 Å². The third kappa shape index (κ3) is 2.72. The molecule has 0 bridgehead atoms. The lowest BCUT2D eigenvalue weighted by molar-refractivity contribution is 0.142. The van der Waals surface area contributed by atoms with Gasteiger partial charge in [0.2, 0.25) is 0 Å². The zero-order chi connectivity index (χ0) is 13.0. The Bertz CT molecular complexity index is 464. The highest BCUT2D eigenvalue weighted by Crippen LogP contribution is 2.18. The molecular weight excluding hydrogens is 230 g/mol. The fourth-order valence-electron chi connectivity index (χ4n) is 2.20. The first-order valence-corrected chi connectivity index (χ1v) is 5.94. The highest BCUT2D eigenvalue weighted by atomic mass is 16.4. The molecule has 0 aromatic heterocycles. The maximum Gasteiger partial charge on any atom is 0.407 e. The molecule has 1 aromatic carbocycles. The standard InChI is InChI=1S/C13H15N3O2/c14-8-10-3-5-11(6-4-10)15-9-12-2-1-7-16(12)13(17)18/h3-6,12,15H,1-2,7,9H2,(H,17,18)/t12-/m0/s1. The summed E-state index contributed by atoms with van der Waals surface area (Å²) in [6.07, 6.45) is 0.973. The summed E-state index contributed by atoms with van der Waals surface area (Å²) in [5, 5.41) is 20.9. The summed E-state index contributed by atoms with van der Waals surface area (Å²) in [6.45, 7) is 1.23. The van der Waals surface area contributed by atoms with E-state index < -0.39 is 6.09 Å². The minimum Gasteiger partial charge on any atom is -0.465 e. The van der Waals surface area contributed by atoms with Crippen LogP contribution in [0.5, 0.6) is 0 Å². The van der Waals surface area contributed by atoms with Gasteiger partial charge in [0.05, 0.1) is 17.7 Å². The third-order valence-electron chi connectivity index (χ3n) is 3.18. The van der Waals surface area contributed by atoms with Crippen molar-refractivity contribution in [2.45, 2.75) is 18.9 Å². The van der Waals surface area contributed by atoms with E-state index in [2.05, 4.69) is 11.4 Å². The van der Waals surface area contributed by atoms with E-state index in [1.54, 1.807) is 12.1 Å². The third-order valence-corrected chi connectivity index (χ3v) is 3.18. The van der Waals surface area contributed by atoms with Crippen molar-refractivity contribution in [2.75, 3.05) is 18.4 Å². The number of hydrogen-bond donors (Lipinski definition) is 2. The molecule has 0 radical (unpaired) electrons. The van der Waals surface area contributed by atoms with Gasteiger partial charge in [0.25, 0.3) is 0 Å². The summed E-state index contributed by atoms with van der Waals surface area (Å²) >= 11 is 0. The molecule has 0 aliphatic carbocycles. The summed E-state index contributed by atoms with van der Waals surface area (Å²) in [7, 11) is 0. The van der Waals surface area contributed by atoms with Gasteiger partial charge in [-0.1, -0.05) is 0 Å². The van der Waals surface area contributed by atoms with Gasteiger partial charge in [0, 0.05) is 18.8 Å². The number of benzene rings is 1. The van der Waals surface area contributed by atoms with Crippen molar-refractivity contribution in [1.82, 2.24) is 4.90 Å². The molecule has 0 unspecified atom stereocenters. The summed E-state index contributed by atoms with van der Waals surface area (Å²) in [5.74, 6) is 0. The van der Waals surface area contributed by atoms with Crippen LogP contribution in [-0.4, -0.2) is 35.2 Å². The van der Waals surface area contributed by atoms with Gasteiger partial charge in [-0.25, -0.2) is 4.79 Å². The zero-order valence-electron chi connectivity index (χ0n) is 9.97. The number of hydrogen-bond acceptors (Lipinski definition) is 3. The van der Waals surface area contributed by atoms with Gasteiger partial charge in [-0.2, -0.15) is 5.26 Å². The second-order valence-electron chi connectivity index (χ2n) is 4.34. The van der Waals surface area contributed by atoms with Crippen LogP contribution in [0, 0.1) is 11.3 Å². The fraction of sp³-hybridized carbons (Fsp3) is 0.385. The number of nitriles is 1. The van der Waals surface area contributed by atoms with Gasteiger partial charge < -0.3 is 15.3 Å². The molecule has 0 saturated carbocycles. The summed E-state index contributed by atoms with van der Waals surface area (Å²) in [6, 6.07) is 9.25. The highest BCUT2D eigenvalue weighted by Gasteiger charge is 2.27. The molecule has 18 heavy (non-hydrogen) atoms. The van der Waals surface area contributed by atoms with Crippen molar-refractivity contribution in [3.8, 4) is 6.07 Å². The van der Waals surface area contributed by atoms with Gasteiger partial charge in [0.1, 0.15) is 0 Å². The minimum absolute atomic E-state index is 0.0399. The molecule has 1 heterocycles. The van der Waals surface area contributed by atoms with Crippen molar-refractivity contribution in [3.05, 3.63) is 29.8 Å². The first-order valence-electron chi connectivity index (χ1n) is 5.94. The summed E-state index contributed by atoms with van der Waals surface area (Å²) < 4.78 is 0. The Kier molecular flexibility index (Phi) is 3.68. The van der Waals surface area contributed by atoms with E-state index in [1.165, 1.54) is 4.90 Å². The number of amides is 1. The van der Waals surface area contributed by atoms with Gasteiger partial charge in [-0.05, 0) is 37.1 Å². The number of carboxylic acid groups (broad SMARTS) is 1. The number of anilines is 1. The zero-order valence-corrected chi connectivity index (χ0v) is 9.97. The Hall–Kier alpha value is -2.22. The molecule has 1 saturated heterocycles. The lowest BCUT2D eigenvalue weighted by Gasteiger charge is -2.22. The minimum atomic E-state index is -0.848. The number of carbonyl (C=O) groups is 1. The number of rotatable bonds is 3. The molecule has 5 nitrogen and oxygen atoms in total. The second-order valence-corrected chi connectivity index (χ2v) is 4.34. The van der Waals surface area contributed by atoms with E-state index in [9.17, 15) is 4.79 Å². The van der Waals surface area contributed by atoms with Gasteiger partial charge in [0.15, 0.2) is 0 Å². The molecular formula is C13H15N3O2. The molecule has 1 aromatic rings. The van der Waals surface area contributed by atoms with E-state index in [1.807, 2.05) is 12.1 Å². The molecule has 2 rings (SSSR count). The van der Waals surface area contributed by atoms with Crippen LogP contribution in [0.1, 0.15) is 18.4 Å². The van der Waals surface area contributed by atoms with E-state index in [-0.39, 0.29) is 6.04 Å². The van der Waals surface area contributed by atoms with E-state index in [0.717, 1.165) is 18.5 Å². The number of likely N-dealkylation sites (tertiary alicyclic amines) is 1. The molecule has 0 spiro atoms. The Labute approximate surface area is 106 Å². The van der Waals surface area contributed by atoms with Gasteiger partial charge in [-0.15, -0.1) is 0 Å². The quantitative estimate of drug-likeness (QED) is 0.855. The Morgan fingerprint density at radius 1 is 1.50 bits per heavy atom. The Morgan fingerprint density at radius 3 is 2.83 bits per heavy atom. The van der Waals surface area contributed by atoms with Gasteiger partial charge in [-0.3, -0.25) is 0 Å². The van der Waals surface area contributed by atoms with Crippen LogP contribution in [0.4, 0.5) is 10.5 Å². The Morgan fingerprint density at radius 2 is 2.22 bits per heavy atom. The van der Waals surface area contributed by atoms with Crippen LogP contribution in [-0.2, 0) is 0 Å². The van der Waals surface area contributed by atoms with Crippen LogP contribution in [0.15, 0.2) is 24.3 Å². The lowest BCUT2D eigenvalue weighted by atomic mass is 10.2. The summed E-state index contributed by atoms with van der Waals surface area (Å²) in [5.41, 5.74) is 1.53. The van der Waals surface area contributed by atoms with E-state index in [4.69, 9.17) is 10.4 Å². The molecule has 2 N–H and O–H groups in total. The van der Waals surface area contributed by atoms with Crippen molar-refractivity contribution in [2.24, 2.45) is 0 Å². The average molecular weight is 245 g/mol. The van der Waals surface area contributed by atoms with Crippen LogP contribution >= 0.6 is 0 Å². The fourth-order valence-corrected chi connectivity index (χ4v) is 2.20. The SMILES string of the molecule is N#Cc1ccc(NC[C@@H]2CCCN2C(=O)O)cc1. The first-order chi connectivity index (χ1) is 8.70. The van der Waals surface area contributed by atoms with Crippen molar-refractivity contribution in [1.29, 1.82) is 5.26 Å². The van der Waals surface area contributed by atoms with Crippen molar-refractivity contribution in [3.63, 3.8) is 0 Å². The second kappa shape index (κ2) is 5.41. The average Bonchev–Trinajstić information content (AvgIpc) is 2.85. The topological polar surface area (TPSA) is 76.4 Å². The number of nitrogens with one attached hydrogen (secondary N) is 1. The van der Waals surface area contributed by atoms with E-state index >= 15 is 0 Å². The molecule has 1 aliphatic rings. The molecule has 1 amide bonds. The largest absolute Gasteiger partial charge is 0.465 e. The predicted octanol–water partition coefficient (Wildman–Crippen LogP) is 2.11. The first kappa shape index (κ1) is 12.2. The molecule has 1 aliphatic heterocycles. The molecule has 1 atom stereocenters. The maximum atomic E-state index is 11.0. The summed E-state index contributed by atoms with van der Waals surface area (Å²) in [4.78, 5) is 12.5. The maximum absolute atomic E-state index is 11.0. The van der Waals surface area contributed by atoms with Crippen molar-refractivity contribution < 1.29 is 9.90 Å². The van der Waals surface area contributed by atoms with Crippen LogP contribution in [0.2, 0.25) is 0 Å². The molecule has 94 valence electrons. The monoisotopic (exact) mass is 245 g/mol. The molecule has 5 heteroatoms. The van der Waals surface area contributed by atoms with Gasteiger partial charge >= 0.3 is 6.09 Å². The van der Waals surface area contributed by atoms with Crippen LogP contribution in [0.25, 0.3) is 0 Å². The van der Waals surface area contributed by atoms with Crippen LogP contribution in [0.3, 0.4) is 0 Å². The number of nitrogens with zero attached hydrogens (tertiary/aromatic N) is 2. The Balaban J connectivity index is 1.91. The predicted molar refractivity (Wildman–Crippen MR) is 67.4 cm³/mol. The van der Waals surface area contributed by atoms with Crippen molar-refractivity contribution >= 4 is 11.8 Å². The normalized spacial score (nSPS) is 18.4. The lowest BCUT2D eigenvalue weighted by Crippen LogP contribution is -2.38. The molecule has 1 fully saturated rings. The van der Waals surface area contributed by atoms with Crippen LogP contribution < -0.4 is 5.32 Å². The smallest absolute Gasteiger partial charge is 0.407 e.